The van der Waals surface area contributed by atoms with E-state index in [2.05, 4.69) is 15.9 Å². The highest BCUT2D eigenvalue weighted by molar-refractivity contribution is 9.10. The Kier molecular flexibility index (Phi) is 4.48. The third kappa shape index (κ3) is 2.88. The number of rotatable bonds is 4. The number of aromatic carboxylic acids is 1. The summed E-state index contributed by atoms with van der Waals surface area (Å²) in [4.78, 5) is 11.0. The van der Waals surface area contributed by atoms with Crippen molar-refractivity contribution in [3.8, 4) is 0 Å². The van der Waals surface area contributed by atoms with Crippen molar-refractivity contribution in [1.29, 1.82) is 0 Å². The highest BCUT2D eigenvalue weighted by Crippen LogP contribution is 2.25. The Labute approximate surface area is 125 Å². The maximum atomic E-state index is 12.5. The van der Waals surface area contributed by atoms with Crippen LogP contribution in [0.25, 0.3) is 0 Å². The SMILES string of the molecule is CN(C1CCOC1)S(=O)(=O)c1ccc(Br)c(C(=O)O)c1. The number of halogens is 1. The van der Waals surface area contributed by atoms with Crippen molar-refractivity contribution >= 4 is 31.9 Å². The summed E-state index contributed by atoms with van der Waals surface area (Å²) < 4.78 is 31.7. The molecule has 1 aliphatic rings. The van der Waals surface area contributed by atoms with Gasteiger partial charge in [0.2, 0.25) is 10.0 Å². The molecular formula is C12H14BrNO5S. The summed E-state index contributed by atoms with van der Waals surface area (Å²) in [5.41, 5.74) is -0.0813. The van der Waals surface area contributed by atoms with Crippen LogP contribution in [-0.4, -0.2) is 50.1 Å². The lowest BCUT2D eigenvalue weighted by Crippen LogP contribution is -2.37. The van der Waals surface area contributed by atoms with E-state index in [-0.39, 0.29) is 16.5 Å². The third-order valence-corrected chi connectivity index (χ3v) is 5.86. The predicted octanol–water partition coefficient (Wildman–Crippen LogP) is 1.56. The van der Waals surface area contributed by atoms with Gasteiger partial charge in [0.05, 0.1) is 23.1 Å². The molecule has 0 radical (unpaired) electrons. The number of carboxylic acid groups (broad SMARTS) is 1. The normalized spacial score (nSPS) is 19.4. The van der Waals surface area contributed by atoms with Crippen LogP contribution < -0.4 is 0 Å². The van der Waals surface area contributed by atoms with E-state index in [0.29, 0.717) is 24.1 Å². The topological polar surface area (TPSA) is 83.9 Å². The maximum Gasteiger partial charge on any atom is 0.336 e. The molecule has 1 fully saturated rings. The van der Waals surface area contributed by atoms with E-state index in [0.717, 1.165) is 6.07 Å². The number of hydrogen-bond acceptors (Lipinski definition) is 4. The van der Waals surface area contributed by atoms with Gasteiger partial charge in [-0.15, -0.1) is 0 Å². The van der Waals surface area contributed by atoms with E-state index in [4.69, 9.17) is 9.84 Å². The molecule has 0 bridgehead atoms. The van der Waals surface area contributed by atoms with Gasteiger partial charge in [-0.1, -0.05) is 0 Å². The van der Waals surface area contributed by atoms with Crippen LogP contribution in [0, 0.1) is 0 Å². The first kappa shape index (κ1) is 15.4. The van der Waals surface area contributed by atoms with Gasteiger partial charge in [-0.05, 0) is 40.5 Å². The van der Waals surface area contributed by atoms with Crippen molar-refractivity contribution in [2.45, 2.75) is 17.4 Å². The number of carbonyl (C=O) groups is 1. The molecule has 6 nitrogen and oxygen atoms in total. The van der Waals surface area contributed by atoms with Crippen molar-refractivity contribution in [1.82, 2.24) is 4.31 Å². The summed E-state index contributed by atoms with van der Waals surface area (Å²) in [6.45, 7) is 0.892. The second-order valence-electron chi connectivity index (χ2n) is 4.49. The summed E-state index contributed by atoms with van der Waals surface area (Å²) >= 11 is 3.09. The highest BCUT2D eigenvalue weighted by atomic mass is 79.9. The Bertz CT molecular complexity index is 625. The largest absolute Gasteiger partial charge is 0.478 e. The molecule has 1 N–H and O–H groups in total. The van der Waals surface area contributed by atoms with Gasteiger partial charge in [-0.25, -0.2) is 13.2 Å². The van der Waals surface area contributed by atoms with Crippen molar-refractivity contribution in [2.75, 3.05) is 20.3 Å². The summed E-state index contributed by atoms with van der Waals surface area (Å²) in [6.07, 6.45) is 0.637. The van der Waals surface area contributed by atoms with Crippen molar-refractivity contribution < 1.29 is 23.1 Å². The van der Waals surface area contributed by atoms with Crippen LogP contribution in [-0.2, 0) is 14.8 Å². The molecule has 0 aliphatic carbocycles. The molecule has 1 unspecified atom stereocenters. The molecule has 1 aromatic carbocycles. The standard InChI is InChI=1S/C12H14BrNO5S/c1-14(8-4-5-19-7-8)20(17,18)9-2-3-11(13)10(6-9)12(15)16/h2-3,6,8H,4-5,7H2,1H3,(H,15,16). The minimum atomic E-state index is -3.73. The minimum absolute atomic E-state index is 0.0347. The Morgan fingerprint density at radius 3 is 2.75 bits per heavy atom. The van der Waals surface area contributed by atoms with Crippen LogP contribution in [0.15, 0.2) is 27.6 Å². The second kappa shape index (κ2) is 5.80. The number of benzene rings is 1. The summed E-state index contributed by atoms with van der Waals surface area (Å²) in [5, 5.41) is 9.05. The Balaban J connectivity index is 2.38. The second-order valence-corrected chi connectivity index (χ2v) is 7.34. The van der Waals surface area contributed by atoms with Gasteiger partial charge < -0.3 is 9.84 Å². The van der Waals surface area contributed by atoms with E-state index in [9.17, 15) is 13.2 Å². The number of ether oxygens (including phenoxy) is 1. The van der Waals surface area contributed by atoms with Crippen LogP contribution in [0.4, 0.5) is 0 Å². The van der Waals surface area contributed by atoms with Crippen LogP contribution in [0.5, 0.6) is 0 Å². The number of carboxylic acids is 1. The van der Waals surface area contributed by atoms with Gasteiger partial charge in [0.15, 0.2) is 0 Å². The van der Waals surface area contributed by atoms with E-state index in [1.165, 1.54) is 23.5 Å². The van der Waals surface area contributed by atoms with Crippen LogP contribution in [0.1, 0.15) is 16.8 Å². The highest BCUT2D eigenvalue weighted by Gasteiger charge is 2.31. The molecule has 0 aromatic heterocycles. The first-order valence-corrected chi connectivity index (χ1v) is 8.16. The fourth-order valence-corrected chi connectivity index (χ4v) is 3.81. The van der Waals surface area contributed by atoms with Gasteiger partial charge in [0.1, 0.15) is 0 Å². The maximum absolute atomic E-state index is 12.5. The summed E-state index contributed by atoms with van der Waals surface area (Å²) in [5.74, 6) is -1.18. The molecule has 8 heteroatoms. The molecule has 1 saturated heterocycles. The first-order valence-electron chi connectivity index (χ1n) is 5.92. The van der Waals surface area contributed by atoms with E-state index in [1.54, 1.807) is 0 Å². The van der Waals surface area contributed by atoms with Crippen LogP contribution in [0.2, 0.25) is 0 Å². The first-order chi connectivity index (χ1) is 9.34. The fourth-order valence-electron chi connectivity index (χ4n) is 2.00. The summed E-state index contributed by atoms with van der Waals surface area (Å²) in [6, 6.07) is 3.76. The molecular weight excluding hydrogens is 350 g/mol. The van der Waals surface area contributed by atoms with E-state index in [1.807, 2.05) is 0 Å². The van der Waals surface area contributed by atoms with Gasteiger partial charge in [-0.2, -0.15) is 4.31 Å². The van der Waals surface area contributed by atoms with Gasteiger partial charge in [0, 0.05) is 18.1 Å². The fraction of sp³-hybridized carbons (Fsp3) is 0.417. The number of hydrogen-bond donors (Lipinski definition) is 1. The molecule has 0 spiro atoms. The van der Waals surface area contributed by atoms with Crippen molar-refractivity contribution in [3.05, 3.63) is 28.2 Å². The van der Waals surface area contributed by atoms with Crippen LogP contribution >= 0.6 is 15.9 Å². The zero-order chi connectivity index (χ0) is 14.9. The molecule has 1 aromatic rings. The molecule has 0 saturated carbocycles. The molecule has 0 amide bonds. The Morgan fingerprint density at radius 2 is 2.20 bits per heavy atom. The van der Waals surface area contributed by atoms with Crippen LogP contribution in [0.3, 0.4) is 0 Å². The monoisotopic (exact) mass is 363 g/mol. The molecule has 110 valence electrons. The minimum Gasteiger partial charge on any atom is -0.478 e. The number of nitrogens with zero attached hydrogens (tertiary/aromatic N) is 1. The third-order valence-electron chi connectivity index (χ3n) is 3.27. The van der Waals surface area contributed by atoms with Crippen molar-refractivity contribution in [3.63, 3.8) is 0 Å². The molecule has 2 rings (SSSR count). The summed E-state index contributed by atoms with van der Waals surface area (Å²) in [7, 11) is -2.24. The number of likely N-dealkylation sites (N-methyl/N-ethyl adjacent to an activating group) is 1. The Hall–Kier alpha value is -0.960. The lowest BCUT2D eigenvalue weighted by atomic mass is 10.2. The number of sulfonamides is 1. The lowest BCUT2D eigenvalue weighted by molar-refractivity contribution is 0.0695. The van der Waals surface area contributed by atoms with Crippen molar-refractivity contribution in [2.24, 2.45) is 0 Å². The zero-order valence-corrected chi connectivity index (χ0v) is 13.1. The van der Waals surface area contributed by atoms with Gasteiger partial charge in [-0.3, -0.25) is 0 Å². The molecule has 1 heterocycles. The quantitative estimate of drug-likeness (QED) is 0.877. The van der Waals surface area contributed by atoms with Gasteiger partial charge in [0.25, 0.3) is 0 Å². The lowest BCUT2D eigenvalue weighted by Gasteiger charge is -2.22. The molecule has 20 heavy (non-hydrogen) atoms. The average Bonchev–Trinajstić information content (AvgIpc) is 2.91. The van der Waals surface area contributed by atoms with Gasteiger partial charge >= 0.3 is 5.97 Å². The smallest absolute Gasteiger partial charge is 0.336 e. The average molecular weight is 364 g/mol. The molecule has 1 aliphatic heterocycles. The van der Waals surface area contributed by atoms with E-state index < -0.39 is 16.0 Å². The Morgan fingerprint density at radius 1 is 1.50 bits per heavy atom. The molecule has 1 atom stereocenters. The van der Waals surface area contributed by atoms with E-state index >= 15 is 0 Å². The predicted molar refractivity (Wildman–Crippen MR) is 75.3 cm³/mol. The zero-order valence-electron chi connectivity index (χ0n) is 10.7.